The molecular formula is C17H22N2O2. The maximum Gasteiger partial charge on any atom is 0.230 e. The molecule has 2 aromatic rings. The van der Waals surface area contributed by atoms with Gasteiger partial charge in [0.25, 0.3) is 0 Å². The van der Waals surface area contributed by atoms with E-state index in [1.54, 1.807) is 7.11 Å². The van der Waals surface area contributed by atoms with Gasteiger partial charge in [0, 0.05) is 11.0 Å². The lowest BCUT2D eigenvalue weighted by atomic mass is 9.81. The van der Waals surface area contributed by atoms with E-state index in [-0.39, 0.29) is 5.41 Å². The number of ether oxygens (including phenoxy) is 1. The Morgan fingerprint density at radius 3 is 2.67 bits per heavy atom. The van der Waals surface area contributed by atoms with Crippen LogP contribution in [0.3, 0.4) is 0 Å². The molecule has 3 rings (SSSR count). The summed E-state index contributed by atoms with van der Waals surface area (Å²) in [6.07, 6.45) is 4.71. The van der Waals surface area contributed by atoms with Crippen LogP contribution in [0.4, 0.5) is 5.88 Å². The van der Waals surface area contributed by atoms with E-state index in [2.05, 4.69) is 25.1 Å². The van der Waals surface area contributed by atoms with Crippen LogP contribution in [-0.2, 0) is 5.41 Å². The minimum Gasteiger partial charge on any atom is -0.496 e. The standard InChI is InChI=1S/C17H22N2O2/c1-11-6-7-13(20-3)12(10-11)14-15(19-21-16(14)18)17(2)8-4-5-9-17/h6-7,10H,4-5,8-9,18H2,1-3H3. The molecule has 4 heteroatoms. The highest BCUT2D eigenvalue weighted by Gasteiger charge is 2.37. The molecule has 0 radical (unpaired) electrons. The van der Waals surface area contributed by atoms with E-state index in [1.165, 1.54) is 12.8 Å². The summed E-state index contributed by atoms with van der Waals surface area (Å²) in [5.41, 5.74) is 10.1. The van der Waals surface area contributed by atoms with Crippen LogP contribution in [0.15, 0.2) is 22.7 Å². The first kappa shape index (κ1) is 14.0. The minimum absolute atomic E-state index is 0.0468. The summed E-state index contributed by atoms with van der Waals surface area (Å²) in [6.45, 7) is 4.31. The molecule has 0 atom stereocenters. The second-order valence-corrected chi connectivity index (χ2v) is 6.24. The number of hydrogen-bond acceptors (Lipinski definition) is 4. The van der Waals surface area contributed by atoms with Crippen molar-refractivity contribution < 1.29 is 9.26 Å². The van der Waals surface area contributed by atoms with Gasteiger partial charge in [0.1, 0.15) is 5.75 Å². The molecule has 0 aliphatic heterocycles. The third kappa shape index (κ3) is 2.28. The van der Waals surface area contributed by atoms with E-state index in [9.17, 15) is 0 Å². The summed E-state index contributed by atoms with van der Waals surface area (Å²) < 4.78 is 10.8. The van der Waals surface area contributed by atoms with Crippen molar-refractivity contribution in [3.05, 3.63) is 29.5 Å². The number of rotatable bonds is 3. The van der Waals surface area contributed by atoms with E-state index < -0.39 is 0 Å². The van der Waals surface area contributed by atoms with E-state index in [0.29, 0.717) is 5.88 Å². The van der Waals surface area contributed by atoms with Gasteiger partial charge >= 0.3 is 0 Å². The molecule has 1 saturated carbocycles. The maximum atomic E-state index is 6.09. The van der Waals surface area contributed by atoms with Crippen LogP contribution >= 0.6 is 0 Å². The van der Waals surface area contributed by atoms with Crippen molar-refractivity contribution in [1.29, 1.82) is 0 Å². The molecule has 4 nitrogen and oxygen atoms in total. The number of nitrogen functional groups attached to an aromatic ring is 1. The van der Waals surface area contributed by atoms with Gasteiger partial charge in [-0.3, -0.25) is 0 Å². The van der Waals surface area contributed by atoms with E-state index in [0.717, 1.165) is 41.0 Å². The Hall–Kier alpha value is -1.97. The van der Waals surface area contributed by atoms with Gasteiger partial charge in [-0.05, 0) is 31.9 Å². The number of methoxy groups -OCH3 is 1. The summed E-state index contributed by atoms with van der Waals surface area (Å²) in [6, 6.07) is 6.09. The quantitative estimate of drug-likeness (QED) is 0.923. The molecule has 1 heterocycles. The van der Waals surface area contributed by atoms with Gasteiger partial charge in [0.15, 0.2) is 0 Å². The Balaban J connectivity index is 2.19. The number of aryl methyl sites for hydroxylation is 1. The molecule has 112 valence electrons. The normalized spacial score (nSPS) is 17.1. The molecule has 1 aliphatic carbocycles. The summed E-state index contributed by atoms with van der Waals surface area (Å²) >= 11 is 0. The molecule has 1 fully saturated rings. The predicted octanol–water partition coefficient (Wildman–Crippen LogP) is 4.07. The van der Waals surface area contributed by atoms with Gasteiger partial charge in [0.2, 0.25) is 5.88 Å². The summed E-state index contributed by atoms with van der Waals surface area (Å²) in [5.74, 6) is 1.18. The zero-order valence-corrected chi connectivity index (χ0v) is 12.9. The van der Waals surface area contributed by atoms with Crippen LogP contribution in [-0.4, -0.2) is 12.3 Å². The van der Waals surface area contributed by atoms with Crippen LogP contribution in [0.25, 0.3) is 11.1 Å². The molecule has 0 spiro atoms. The Morgan fingerprint density at radius 1 is 1.29 bits per heavy atom. The lowest BCUT2D eigenvalue weighted by Crippen LogP contribution is -2.18. The van der Waals surface area contributed by atoms with E-state index in [1.807, 2.05) is 12.1 Å². The van der Waals surface area contributed by atoms with Crippen LogP contribution in [0, 0.1) is 6.92 Å². The van der Waals surface area contributed by atoms with Crippen molar-refractivity contribution in [2.75, 3.05) is 12.8 Å². The molecular weight excluding hydrogens is 264 g/mol. The SMILES string of the molecule is COc1ccc(C)cc1-c1c(C2(C)CCCC2)noc1N. The number of aromatic nitrogens is 1. The van der Waals surface area contributed by atoms with Crippen LogP contribution < -0.4 is 10.5 Å². The first-order valence-electron chi connectivity index (χ1n) is 7.46. The van der Waals surface area contributed by atoms with Crippen molar-refractivity contribution in [1.82, 2.24) is 5.16 Å². The number of anilines is 1. The monoisotopic (exact) mass is 286 g/mol. The smallest absolute Gasteiger partial charge is 0.230 e. The summed E-state index contributed by atoms with van der Waals surface area (Å²) in [7, 11) is 1.68. The van der Waals surface area contributed by atoms with Crippen molar-refractivity contribution in [3.63, 3.8) is 0 Å². The number of nitrogens with two attached hydrogens (primary N) is 1. The molecule has 0 amide bonds. The molecule has 1 aromatic carbocycles. The fourth-order valence-electron chi connectivity index (χ4n) is 3.38. The number of hydrogen-bond donors (Lipinski definition) is 1. The Morgan fingerprint density at radius 2 is 2.00 bits per heavy atom. The second-order valence-electron chi connectivity index (χ2n) is 6.24. The van der Waals surface area contributed by atoms with Gasteiger partial charge in [-0.15, -0.1) is 0 Å². The first-order valence-corrected chi connectivity index (χ1v) is 7.46. The molecule has 2 N–H and O–H groups in total. The van der Waals surface area contributed by atoms with Gasteiger partial charge < -0.3 is 15.0 Å². The molecule has 1 aromatic heterocycles. The summed E-state index contributed by atoms with van der Waals surface area (Å²) in [5, 5.41) is 4.30. The first-order chi connectivity index (χ1) is 10.0. The average molecular weight is 286 g/mol. The average Bonchev–Trinajstić information content (AvgIpc) is 3.06. The molecule has 0 saturated heterocycles. The Bertz CT molecular complexity index is 655. The van der Waals surface area contributed by atoms with Gasteiger partial charge in [0.05, 0.1) is 18.4 Å². The largest absolute Gasteiger partial charge is 0.496 e. The second kappa shape index (κ2) is 5.10. The predicted molar refractivity (Wildman–Crippen MR) is 83.5 cm³/mol. The topological polar surface area (TPSA) is 61.3 Å². The van der Waals surface area contributed by atoms with Crippen molar-refractivity contribution in [2.24, 2.45) is 0 Å². The van der Waals surface area contributed by atoms with E-state index >= 15 is 0 Å². The highest BCUT2D eigenvalue weighted by atomic mass is 16.5. The Kier molecular flexibility index (Phi) is 3.40. The Labute approximate surface area is 125 Å². The number of benzene rings is 1. The van der Waals surface area contributed by atoms with Crippen molar-refractivity contribution in [3.8, 4) is 16.9 Å². The zero-order valence-electron chi connectivity index (χ0n) is 12.9. The lowest BCUT2D eigenvalue weighted by Gasteiger charge is -2.22. The van der Waals surface area contributed by atoms with Crippen LogP contribution in [0.2, 0.25) is 0 Å². The highest BCUT2D eigenvalue weighted by molar-refractivity contribution is 5.81. The zero-order chi connectivity index (χ0) is 15.0. The van der Waals surface area contributed by atoms with Gasteiger partial charge in [-0.25, -0.2) is 0 Å². The fourth-order valence-corrected chi connectivity index (χ4v) is 3.38. The molecule has 0 bridgehead atoms. The lowest BCUT2D eigenvalue weighted by molar-refractivity contribution is 0.386. The molecule has 0 unspecified atom stereocenters. The molecule has 21 heavy (non-hydrogen) atoms. The highest BCUT2D eigenvalue weighted by Crippen LogP contribution is 2.47. The van der Waals surface area contributed by atoms with E-state index in [4.69, 9.17) is 15.0 Å². The summed E-state index contributed by atoms with van der Waals surface area (Å²) in [4.78, 5) is 0. The van der Waals surface area contributed by atoms with Gasteiger partial charge in [-0.2, -0.15) is 0 Å². The van der Waals surface area contributed by atoms with Crippen molar-refractivity contribution in [2.45, 2.75) is 44.9 Å². The number of nitrogens with zero attached hydrogens (tertiary/aromatic N) is 1. The van der Waals surface area contributed by atoms with Crippen molar-refractivity contribution >= 4 is 5.88 Å². The molecule has 1 aliphatic rings. The third-order valence-corrected chi connectivity index (χ3v) is 4.62. The third-order valence-electron chi connectivity index (χ3n) is 4.62. The van der Waals surface area contributed by atoms with Crippen LogP contribution in [0.1, 0.15) is 43.9 Å². The van der Waals surface area contributed by atoms with Crippen LogP contribution in [0.5, 0.6) is 5.75 Å². The maximum absolute atomic E-state index is 6.09. The fraction of sp³-hybridized carbons (Fsp3) is 0.471. The van der Waals surface area contributed by atoms with Gasteiger partial charge in [-0.1, -0.05) is 36.6 Å². The minimum atomic E-state index is 0.0468.